The average Bonchev–Trinajstić information content (AvgIpc) is 3.00. The third kappa shape index (κ3) is 3.19. The zero-order valence-corrected chi connectivity index (χ0v) is 10.3. The Hall–Kier alpha value is -2.11. The number of H-pyrrole nitrogens is 1. The summed E-state index contributed by atoms with van der Waals surface area (Å²) >= 11 is 0. The highest BCUT2D eigenvalue weighted by molar-refractivity contribution is 5.89. The van der Waals surface area contributed by atoms with Crippen molar-refractivity contribution in [2.45, 2.75) is 32.2 Å². The first-order valence-electron chi connectivity index (χ1n) is 6.06. The summed E-state index contributed by atoms with van der Waals surface area (Å²) in [6.07, 6.45) is 11.0. The molecule has 0 radical (unpaired) electrons. The third-order valence-electron chi connectivity index (χ3n) is 2.75. The van der Waals surface area contributed by atoms with Crippen molar-refractivity contribution in [3.63, 3.8) is 0 Å². The van der Waals surface area contributed by atoms with Crippen molar-refractivity contribution in [2.75, 3.05) is 5.32 Å². The van der Waals surface area contributed by atoms with Crippen molar-refractivity contribution in [1.82, 2.24) is 19.5 Å². The molecule has 96 valence electrons. The summed E-state index contributed by atoms with van der Waals surface area (Å²) in [6.45, 7) is 2.11. The highest BCUT2D eigenvalue weighted by atomic mass is 16.1. The van der Waals surface area contributed by atoms with E-state index in [9.17, 15) is 4.79 Å². The molecule has 0 spiro atoms. The fourth-order valence-electron chi connectivity index (χ4n) is 1.91. The molecule has 0 aliphatic heterocycles. The van der Waals surface area contributed by atoms with Crippen molar-refractivity contribution >= 4 is 11.9 Å². The molecule has 6 nitrogen and oxygen atoms in total. The fraction of sp³-hybridized carbons (Fsp3) is 0.417. The number of aromatic nitrogens is 4. The van der Waals surface area contributed by atoms with Gasteiger partial charge in [-0.05, 0) is 6.42 Å². The zero-order chi connectivity index (χ0) is 12.8. The lowest BCUT2D eigenvalue weighted by atomic mass is 10.1. The van der Waals surface area contributed by atoms with Crippen molar-refractivity contribution in [2.24, 2.45) is 0 Å². The first kappa shape index (κ1) is 12.3. The second-order valence-corrected chi connectivity index (χ2v) is 4.14. The van der Waals surface area contributed by atoms with E-state index in [0.717, 1.165) is 12.8 Å². The number of nitrogens with zero attached hydrogens (tertiary/aromatic N) is 3. The molecule has 2 aromatic rings. The van der Waals surface area contributed by atoms with Gasteiger partial charge in [-0.1, -0.05) is 13.3 Å². The number of rotatable bonds is 6. The maximum Gasteiger partial charge on any atom is 0.228 e. The minimum Gasteiger partial charge on any atom is -0.334 e. The predicted molar refractivity (Wildman–Crippen MR) is 68.0 cm³/mol. The molecule has 1 amide bonds. The van der Waals surface area contributed by atoms with Crippen LogP contribution < -0.4 is 5.32 Å². The Kier molecular flexibility index (Phi) is 4.11. The number of nitrogens with one attached hydrogen (secondary N) is 2. The first-order chi connectivity index (χ1) is 8.79. The Bertz CT molecular complexity index is 463. The molecule has 0 saturated heterocycles. The summed E-state index contributed by atoms with van der Waals surface area (Å²) in [7, 11) is 0. The molecule has 18 heavy (non-hydrogen) atoms. The lowest BCUT2D eigenvalue weighted by Gasteiger charge is -2.16. The average molecular weight is 247 g/mol. The van der Waals surface area contributed by atoms with Crippen LogP contribution in [0.5, 0.6) is 0 Å². The lowest BCUT2D eigenvalue weighted by Crippen LogP contribution is -2.19. The molecule has 2 rings (SSSR count). The Morgan fingerprint density at radius 2 is 2.44 bits per heavy atom. The first-order valence-corrected chi connectivity index (χ1v) is 6.06. The van der Waals surface area contributed by atoms with E-state index in [1.54, 1.807) is 24.9 Å². The van der Waals surface area contributed by atoms with Crippen molar-refractivity contribution in [1.29, 1.82) is 0 Å². The third-order valence-corrected chi connectivity index (χ3v) is 2.75. The van der Waals surface area contributed by atoms with E-state index in [2.05, 4.69) is 27.2 Å². The van der Waals surface area contributed by atoms with Gasteiger partial charge in [0.05, 0.1) is 6.33 Å². The van der Waals surface area contributed by atoms with Gasteiger partial charge in [-0.25, -0.2) is 9.97 Å². The summed E-state index contributed by atoms with van der Waals surface area (Å²) in [5.74, 6) is 0.443. The molecule has 0 saturated carbocycles. The molecule has 0 bridgehead atoms. The van der Waals surface area contributed by atoms with Gasteiger partial charge in [-0.15, -0.1) is 0 Å². The smallest absolute Gasteiger partial charge is 0.228 e. The summed E-state index contributed by atoms with van der Waals surface area (Å²) in [5, 5.41) is 2.73. The van der Waals surface area contributed by atoms with Gasteiger partial charge in [0.1, 0.15) is 0 Å². The van der Waals surface area contributed by atoms with E-state index in [1.807, 2.05) is 10.8 Å². The minimum absolute atomic E-state index is 0.0444. The standard InChI is InChI=1S/C12H17N5O/c1-2-3-10(17-7-6-13-9-17)8-11(18)16-12-14-4-5-15-12/h4-7,9-10H,2-3,8H2,1H3,(H2,14,15,16,18). The van der Waals surface area contributed by atoms with Gasteiger partial charge < -0.3 is 9.55 Å². The molecule has 6 heteroatoms. The van der Waals surface area contributed by atoms with E-state index in [-0.39, 0.29) is 11.9 Å². The van der Waals surface area contributed by atoms with Crippen LogP contribution >= 0.6 is 0 Å². The van der Waals surface area contributed by atoms with Gasteiger partial charge in [0, 0.05) is 37.3 Å². The Morgan fingerprint density at radius 3 is 3.06 bits per heavy atom. The van der Waals surface area contributed by atoms with Crippen molar-refractivity contribution in [3.05, 3.63) is 31.1 Å². The number of anilines is 1. The largest absolute Gasteiger partial charge is 0.334 e. The van der Waals surface area contributed by atoms with Gasteiger partial charge in [-0.2, -0.15) is 0 Å². The van der Waals surface area contributed by atoms with E-state index in [0.29, 0.717) is 12.4 Å². The number of hydrogen-bond acceptors (Lipinski definition) is 3. The number of aromatic amines is 1. The lowest BCUT2D eigenvalue weighted by molar-refractivity contribution is -0.117. The van der Waals surface area contributed by atoms with E-state index in [4.69, 9.17) is 0 Å². The van der Waals surface area contributed by atoms with E-state index < -0.39 is 0 Å². The van der Waals surface area contributed by atoms with Crippen molar-refractivity contribution in [3.8, 4) is 0 Å². The molecular weight excluding hydrogens is 230 g/mol. The highest BCUT2D eigenvalue weighted by Gasteiger charge is 2.15. The topological polar surface area (TPSA) is 75.6 Å². The van der Waals surface area contributed by atoms with Gasteiger partial charge >= 0.3 is 0 Å². The maximum absolute atomic E-state index is 11.9. The van der Waals surface area contributed by atoms with Crippen LogP contribution in [0.4, 0.5) is 5.95 Å². The molecule has 1 atom stereocenters. The molecule has 2 aromatic heterocycles. The number of carbonyl (C=O) groups excluding carboxylic acids is 1. The zero-order valence-electron chi connectivity index (χ0n) is 10.3. The highest BCUT2D eigenvalue weighted by Crippen LogP contribution is 2.18. The summed E-state index contributed by atoms with van der Waals surface area (Å²) in [5.41, 5.74) is 0. The Balaban J connectivity index is 1.94. The molecule has 0 aromatic carbocycles. The quantitative estimate of drug-likeness (QED) is 0.819. The molecule has 1 unspecified atom stereocenters. The molecule has 0 fully saturated rings. The number of carbonyl (C=O) groups is 1. The van der Waals surface area contributed by atoms with Gasteiger partial charge in [0.25, 0.3) is 0 Å². The molecule has 2 heterocycles. The van der Waals surface area contributed by atoms with E-state index >= 15 is 0 Å². The summed E-state index contributed by atoms with van der Waals surface area (Å²) < 4.78 is 1.98. The monoisotopic (exact) mass is 247 g/mol. The maximum atomic E-state index is 11.9. The van der Waals surface area contributed by atoms with E-state index in [1.165, 1.54) is 0 Å². The van der Waals surface area contributed by atoms with Crippen LogP contribution in [0.15, 0.2) is 31.1 Å². The Labute approximate surface area is 105 Å². The van der Waals surface area contributed by atoms with Crippen LogP contribution in [0.3, 0.4) is 0 Å². The summed E-state index contributed by atoms with van der Waals surface area (Å²) in [6, 6.07) is 0.146. The number of imidazole rings is 2. The molecular formula is C12H17N5O. The van der Waals surface area contributed by atoms with Crippen LogP contribution in [0.2, 0.25) is 0 Å². The normalized spacial score (nSPS) is 12.3. The Morgan fingerprint density at radius 1 is 1.56 bits per heavy atom. The van der Waals surface area contributed by atoms with Crippen LogP contribution in [0, 0.1) is 0 Å². The van der Waals surface area contributed by atoms with Crippen LogP contribution in [-0.4, -0.2) is 25.4 Å². The number of amides is 1. The summed E-state index contributed by atoms with van der Waals surface area (Å²) in [4.78, 5) is 22.7. The van der Waals surface area contributed by atoms with Crippen LogP contribution in [0.1, 0.15) is 32.2 Å². The fourth-order valence-corrected chi connectivity index (χ4v) is 1.91. The SMILES string of the molecule is CCCC(CC(=O)Nc1ncc[nH]1)n1ccnc1. The van der Waals surface area contributed by atoms with Gasteiger partial charge in [0.2, 0.25) is 11.9 Å². The minimum atomic E-state index is -0.0444. The van der Waals surface area contributed by atoms with Crippen LogP contribution in [-0.2, 0) is 4.79 Å². The predicted octanol–water partition coefficient (Wildman–Crippen LogP) is 1.98. The molecule has 0 aliphatic carbocycles. The van der Waals surface area contributed by atoms with Gasteiger partial charge in [0.15, 0.2) is 0 Å². The van der Waals surface area contributed by atoms with Crippen LogP contribution in [0.25, 0.3) is 0 Å². The molecule has 2 N–H and O–H groups in total. The molecule has 0 aliphatic rings. The second-order valence-electron chi connectivity index (χ2n) is 4.14. The van der Waals surface area contributed by atoms with Crippen molar-refractivity contribution < 1.29 is 4.79 Å². The number of hydrogen-bond donors (Lipinski definition) is 2. The second kappa shape index (κ2) is 6.00. The van der Waals surface area contributed by atoms with Gasteiger partial charge in [-0.3, -0.25) is 10.1 Å².